The number of nitrogens with one attached hydrogen (secondary N) is 1. The molecule has 37 heavy (non-hydrogen) atoms. The van der Waals surface area contributed by atoms with Crippen LogP contribution in [-0.4, -0.2) is 46.7 Å². The van der Waals surface area contributed by atoms with E-state index in [0.29, 0.717) is 30.9 Å². The van der Waals surface area contributed by atoms with Crippen molar-refractivity contribution in [2.75, 3.05) is 18.5 Å². The summed E-state index contributed by atoms with van der Waals surface area (Å²) in [5.74, 6) is -0.736. The SMILES string of the molecule is CC(Nc1ccc(C(F)(F)F)cc1C(=O)N=c1cc(C(C)(C)C)n(C)n1C[C@H]1CCCO1)[C@@H]1CCCO1. The molecule has 0 spiro atoms. The Labute approximate surface area is 215 Å². The fourth-order valence-corrected chi connectivity index (χ4v) is 5.09. The Hall–Kier alpha value is -2.59. The first kappa shape index (κ1) is 27.4. The number of amides is 1. The van der Waals surface area contributed by atoms with Crippen LogP contribution in [0.2, 0.25) is 0 Å². The van der Waals surface area contributed by atoms with Gasteiger partial charge in [-0.25, -0.2) is 0 Å². The minimum absolute atomic E-state index is 0.00600. The lowest BCUT2D eigenvalue weighted by molar-refractivity contribution is -0.137. The molecule has 1 unspecified atom stereocenters. The summed E-state index contributed by atoms with van der Waals surface area (Å²) in [6, 6.07) is 4.83. The van der Waals surface area contributed by atoms with Crippen LogP contribution in [0.4, 0.5) is 18.9 Å². The number of alkyl halides is 3. The number of aromatic nitrogens is 2. The number of anilines is 1. The molecule has 1 aromatic heterocycles. The Balaban J connectivity index is 1.76. The second-order valence-electron chi connectivity index (χ2n) is 11.0. The van der Waals surface area contributed by atoms with E-state index in [1.54, 1.807) is 0 Å². The van der Waals surface area contributed by atoms with Crippen LogP contribution in [0, 0.1) is 0 Å². The zero-order valence-electron chi connectivity index (χ0n) is 22.2. The predicted molar refractivity (Wildman–Crippen MR) is 134 cm³/mol. The summed E-state index contributed by atoms with van der Waals surface area (Å²) in [6.07, 6.45) is -1.01. The average molecular weight is 523 g/mol. The van der Waals surface area contributed by atoms with Crippen molar-refractivity contribution in [3.05, 3.63) is 46.6 Å². The van der Waals surface area contributed by atoms with Crippen molar-refractivity contribution in [1.82, 2.24) is 9.36 Å². The van der Waals surface area contributed by atoms with Gasteiger partial charge in [0.15, 0.2) is 5.49 Å². The van der Waals surface area contributed by atoms with Crippen LogP contribution in [0.15, 0.2) is 29.3 Å². The molecule has 1 aromatic carbocycles. The van der Waals surface area contributed by atoms with Crippen molar-refractivity contribution < 1.29 is 27.4 Å². The van der Waals surface area contributed by atoms with E-state index >= 15 is 0 Å². The van der Waals surface area contributed by atoms with Gasteiger partial charge in [0.2, 0.25) is 0 Å². The molecule has 3 atom stereocenters. The van der Waals surface area contributed by atoms with Crippen LogP contribution in [0.1, 0.15) is 75.0 Å². The molecule has 204 valence electrons. The largest absolute Gasteiger partial charge is 0.416 e. The third-order valence-corrected chi connectivity index (χ3v) is 7.11. The zero-order chi connectivity index (χ0) is 27.0. The van der Waals surface area contributed by atoms with Crippen LogP contribution in [-0.2, 0) is 34.7 Å². The first-order valence-electron chi connectivity index (χ1n) is 12.9. The highest BCUT2D eigenvalue weighted by molar-refractivity contribution is 6.00. The van der Waals surface area contributed by atoms with E-state index < -0.39 is 17.6 Å². The van der Waals surface area contributed by atoms with Crippen molar-refractivity contribution in [1.29, 1.82) is 0 Å². The topological polar surface area (TPSA) is 69.8 Å². The Morgan fingerprint density at radius 2 is 1.84 bits per heavy atom. The van der Waals surface area contributed by atoms with Gasteiger partial charge in [0.25, 0.3) is 5.91 Å². The summed E-state index contributed by atoms with van der Waals surface area (Å²) in [4.78, 5) is 17.9. The van der Waals surface area contributed by atoms with Crippen LogP contribution in [0.5, 0.6) is 0 Å². The standard InChI is InChI=1S/C27H37F3N4O3/c1-17(22-9-7-13-37-22)31-21-11-10-18(27(28,29)30)14-20(21)25(35)32-24-15-23(26(2,3)4)33(5)34(24)16-19-8-6-12-36-19/h10-11,14-15,17,19,22,31H,6-9,12-13,16H2,1-5H3/t17?,19-,22+/m1/s1. The lowest BCUT2D eigenvalue weighted by atomic mass is 9.92. The van der Waals surface area contributed by atoms with E-state index in [4.69, 9.17) is 9.47 Å². The lowest BCUT2D eigenvalue weighted by Gasteiger charge is -2.23. The Bertz CT molecular complexity index is 1180. The van der Waals surface area contributed by atoms with Crippen molar-refractivity contribution in [2.45, 2.75) is 89.8 Å². The van der Waals surface area contributed by atoms with Gasteiger partial charge in [0.05, 0.1) is 29.9 Å². The van der Waals surface area contributed by atoms with Gasteiger partial charge in [-0.3, -0.25) is 14.2 Å². The minimum atomic E-state index is -4.58. The van der Waals surface area contributed by atoms with Crippen molar-refractivity contribution in [3.8, 4) is 0 Å². The number of ether oxygens (including phenoxy) is 2. The van der Waals surface area contributed by atoms with Gasteiger partial charge in [-0.1, -0.05) is 20.8 Å². The van der Waals surface area contributed by atoms with Crippen molar-refractivity contribution in [3.63, 3.8) is 0 Å². The molecule has 2 aliphatic rings. The van der Waals surface area contributed by atoms with Gasteiger partial charge in [-0.2, -0.15) is 18.2 Å². The van der Waals surface area contributed by atoms with Crippen molar-refractivity contribution in [2.24, 2.45) is 12.0 Å². The number of carbonyl (C=O) groups excluding carboxylic acids is 1. The molecular formula is C27H37F3N4O3. The molecule has 7 nitrogen and oxygen atoms in total. The van der Waals surface area contributed by atoms with Crippen LogP contribution < -0.4 is 10.8 Å². The third-order valence-electron chi connectivity index (χ3n) is 7.11. The Kier molecular flexibility index (Phi) is 7.90. The number of rotatable bonds is 6. The van der Waals surface area contributed by atoms with E-state index in [1.165, 1.54) is 6.07 Å². The molecule has 0 saturated carbocycles. The molecule has 2 saturated heterocycles. The molecule has 0 bridgehead atoms. The number of carbonyl (C=O) groups is 1. The van der Waals surface area contributed by atoms with E-state index in [1.807, 2.05) is 29.4 Å². The molecule has 3 heterocycles. The molecule has 2 fully saturated rings. The van der Waals surface area contributed by atoms with Gasteiger partial charge in [0.1, 0.15) is 0 Å². The molecular weight excluding hydrogens is 485 g/mol. The monoisotopic (exact) mass is 522 g/mol. The average Bonchev–Trinajstić information content (AvgIpc) is 3.57. The Morgan fingerprint density at radius 1 is 1.14 bits per heavy atom. The van der Waals surface area contributed by atoms with Crippen molar-refractivity contribution >= 4 is 11.6 Å². The van der Waals surface area contributed by atoms with Gasteiger partial charge >= 0.3 is 6.18 Å². The van der Waals surface area contributed by atoms with Crippen LogP contribution in [0.25, 0.3) is 0 Å². The molecule has 1 amide bonds. The van der Waals surface area contributed by atoms with E-state index in [2.05, 4.69) is 31.1 Å². The molecule has 2 aliphatic heterocycles. The third kappa shape index (κ3) is 6.29. The summed E-state index contributed by atoms with van der Waals surface area (Å²) < 4.78 is 56.1. The predicted octanol–water partition coefficient (Wildman–Crippen LogP) is 5.04. The maximum absolute atomic E-state index is 13.6. The fourth-order valence-electron chi connectivity index (χ4n) is 5.09. The van der Waals surface area contributed by atoms with Gasteiger partial charge in [-0.05, 0) is 50.8 Å². The molecule has 4 rings (SSSR count). The lowest BCUT2D eigenvalue weighted by Crippen LogP contribution is -2.31. The smallest absolute Gasteiger partial charge is 0.379 e. The quantitative estimate of drug-likeness (QED) is 0.577. The highest BCUT2D eigenvalue weighted by Gasteiger charge is 2.33. The number of hydrogen-bond donors (Lipinski definition) is 1. The number of benzene rings is 1. The highest BCUT2D eigenvalue weighted by atomic mass is 19.4. The fraction of sp³-hybridized carbons (Fsp3) is 0.630. The highest BCUT2D eigenvalue weighted by Crippen LogP contribution is 2.33. The maximum Gasteiger partial charge on any atom is 0.416 e. The number of halogens is 3. The van der Waals surface area contributed by atoms with Crippen LogP contribution in [0.3, 0.4) is 0 Å². The number of nitrogens with zero attached hydrogens (tertiary/aromatic N) is 3. The molecule has 0 radical (unpaired) electrons. The summed E-state index contributed by atoms with van der Waals surface area (Å²) in [5, 5.41) is 3.21. The first-order valence-corrected chi connectivity index (χ1v) is 12.9. The van der Waals surface area contributed by atoms with Crippen LogP contribution >= 0.6 is 0 Å². The number of hydrogen-bond acceptors (Lipinski definition) is 4. The molecule has 2 aromatic rings. The Morgan fingerprint density at radius 3 is 2.43 bits per heavy atom. The second-order valence-corrected chi connectivity index (χ2v) is 11.0. The molecule has 1 N–H and O–H groups in total. The summed E-state index contributed by atoms with van der Waals surface area (Å²) in [5.41, 5.74) is 0.405. The van der Waals surface area contributed by atoms with Gasteiger partial charge < -0.3 is 14.8 Å². The zero-order valence-corrected chi connectivity index (χ0v) is 22.2. The van der Waals surface area contributed by atoms with Gasteiger partial charge in [-0.15, -0.1) is 0 Å². The summed E-state index contributed by atoms with van der Waals surface area (Å²) >= 11 is 0. The van der Waals surface area contributed by atoms with E-state index in [0.717, 1.165) is 43.5 Å². The van der Waals surface area contributed by atoms with E-state index in [-0.39, 0.29) is 29.2 Å². The normalized spacial score (nSPS) is 22.0. The first-order chi connectivity index (χ1) is 17.3. The minimum Gasteiger partial charge on any atom is -0.379 e. The van der Waals surface area contributed by atoms with E-state index in [9.17, 15) is 18.0 Å². The van der Waals surface area contributed by atoms with Gasteiger partial charge in [0, 0.05) is 49.2 Å². The molecule has 0 aliphatic carbocycles. The maximum atomic E-state index is 13.6. The summed E-state index contributed by atoms with van der Waals surface area (Å²) in [7, 11) is 1.90. The second kappa shape index (κ2) is 10.6. The summed E-state index contributed by atoms with van der Waals surface area (Å²) in [6.45, 7) is 9.93. The molecule has 10 heteroatoms.